The van der Waals surface area contributed by atoms with Crippen LogP contribution in [0.5, 0.6) is 11.5 Å². The van der Waals surface area contributed by atoms with Crippen LogP contribution in [0.1, 0.15) is 5.56 Å². The van der Waals surface area contributed by atoms with E-state index in [4.69, 9.17) is 18.9 Å². The Morgan fingerprint density at radius 1 is 1.00 bits per heavy atom. The van der Waals surface area contributed by atoms with Crippen LogP contribution in [0.2, 0.25) is 0 Å². The molecule has 1 aliphatic rings. The molecule has 5 rings (SSSR count). The van der Waals surface area contributed by atoms with Crippen LogP contribution in [0.3, 0.4) is 0 Å². The van der Waals surface area contributed by atoms with Gasteiger partial charge in [-0.05, 0) is 48.5 Å². The van der Waals surface area contributed by atoms with E-state index >= 15 is 0 Å². The zero-order valence-corrected chi connectivity index (χ0v) is 17.4. The van der Waals surface area contributed by atoms with Gasteiger partial charge in [-0.15, -0.1) is 10.2 Å². The summed E-state index contributed by atoms with van der Waals surface area (Å²) >= 11 is 0. The highest BCUT2D eigenvalue weighted by Crippen LogP contribution is 2.37. The van der Waals surface area contributed by atoms with Crippen molar-refractivity contribution in [1.82, 2.24) is 29.5 Å². The highest BCUT2D eigenvalue weighted by atomic mass is 16.8. The zero-order valence-electron chi connectivity index (χ0n) is 17.4. The number of hydrogen-bond acceptors (Lipinski definition) is 8. The molecule has 4 aromatic rings. The van der Waals surface area contributed by atoms with Gasteiger partial charge >= 0.3 is 0 Å². The Bertz CT molecular complexity index is 1120. The van der Waals surface area contributed by atoms with Gasteiger partial charge in [0.25, 0.3) is 0 Å². The van der Waals surface area contributed by atoms with Crippen molar-refractivity contribution in [2.24, 2.45) is 0 Å². The second-order valence-corrected chi connectivity index (χ2v) is 7.30. The molecule has 0 bridgehead atoms. The standard InChI is InChI=1S/C22H22N6O4/c1-29-19-6-2-17(3-7-19)22(12-28-14-23-13-26-28)31-11-21(32-22)10-30-20-8-4-18(5-9-20)27-15-24-25-16-27/h2-9,13-16,21H,10-12H2,1H3. The molecular formula is C22H22N6O4. The van der Waals surface area contributed by atoms with Gasteiger partial charge in [0.15, 0.2) is 0 Å². The van der Waals surface area contributed by atoms with Crippen LogP contribution in [0.4, 0.5) is 0 Å². The molecule has 3 heterocycles. The van der Waals surface area contributed by atoms with Crippen molar-refractivity contribution < 1.29 is 18.9 Å². The van der Waals surface area contributed by atoms with Crippen LogP contribution in [-0.2, 0) is 21.8 Å². The Morgan fingerprint density at radius 3 is 2.44 bits per heavy atom. The Morgan fingerprint density at radius 2 is 1.75 bits per heavy atom. The third kappa shape index (κ3) is 4.18. The summed E-state index contributed by atoms with van der Waals surface area (Å²) in [6.45, 7) is 1.10. The van der Waals surface area contributed by atoms with Crippen molar-refractivity contribution in [3.63, 3.8) is 0 Å². The molecule has 2 atom stereocenters. The smallest absolute Gasteiger partial charge is 0.215 e. The second-order valence-electron chi connectivity index (χ2n) is 7.30. The predicted molar refractivity (Wildman–Crippen MR) is 112 cm³/mol. The number of nitrogens with zero attached hydrogens (tertiary/aromatic N) is 6. The van der Waals surface area contributed by atoms with Gasteiger partial charge in [0.2, 0.25) is 5.79 Å². The molecule has 0 radical (unpaired) electrons. The molecule has 32 heavy (non-hydrogen) atoms. The van der Waals surface area contributed by atoms with Gasteiger partial charge in [-0.1, -0.05) is 0 Å². The van der Waals surface area contributed by atoms with E-state index in [0.29, 0.717) is 19.8 Å². The minimum Gasteiger partial charge on any atom is -0.497 e. The number of hydrogen-bond donors (Lipinski definition) is 0. The van der Waals surface area contributed by atoms with E-state index < -0.39 is 5.79 Å². The molecule has 0 aliphatic carbocycles. The summed E-state index contributed by atoms with van der Waals surface area (Å²) in [5.41, 5.74) is 1.82. The molecule has 2 aromatic carbocycles. The average molecular weight is 434 g/mol. The monoisotopic (exact) mass is 434 g/mol. The molecule has 1 fully saturated rings. The Hall–Kier alpha value is -3.76. The van der Waals surface area contributed by atoms with Crippen molar-refractivity contribution in [1.29, 1.82) is 0 Å². The van der Waals surface area contributed by atoms with Gasteiger partial charge in [0.1, 0.15) is 56.1 Å². The maximum Gasteiger partial charge on any atom is 0.215 e. The Labute approximate surface area is 184 Å². The lowest BCUT2D eigenvalue weighted by molar-refractivity contribution is -0.190. The fraction of sp³-hybridized carbons (Fsp3) is 0.273. The molecule has 0 saturated carbocycles. The molecule has 10 nitrogen and oxygen atoms in total. The van der Waals surface area contributed by atoms with Crippen molar-refractivity contribution in [2.45, 2.75) is 18.4 Å². The van der Waals surface area contributed by atoms with E-state index in [1.165, 1.54) is 6.33 Å². The van der Waals surface area contributed by atoms with Gasteiger partial charge in [0.05, 0.1) is 13.7 Å². The molecule has 10 heteroatoms. The topological polar surface area (TPSA) is 98.3 Å². The first-order valence-corrected chi connectivity index (χ1v) is 10.1. The van der Waals surface area contributed by atoms with Crippen LogP contribution in [-0.4, -0.2) is 56.0 Å². The van der Waals surface area contributed by atoms with E-state index in [1.807, 2.05) is 53.1 Å². The molecular weight excluding hydrogens is 412 g/mol. The summed E-state index contributed by atoms with van der Waals surface area (Å²) in [5, 5.41) is 11.8. The summed E-state index contributed by atoms with van der Waals surface area (Å²) in [5.74, 6) is 0.507. The number of aromatic nitrogens is 6. The summed E-state index contributed by atoms with van der Waals surface area (Å²) in [6.07, 6.45) is 6.17. The maximum absolute atomic E-state index is 6.39. The van der Waals surface area contributed by atoms with Gasteiger partial charge in [-0.25, -0.2) is 9.67 Å². The summed E-state index contributed by atoms with van der Waals surface area (Å²) < 4.78 is 27.3. The zero-order chi connectivity index (χ0) is 21.8. The molecule has 164 valence electrons. The number of benzene rings is 2. The van der Waals surface area contributed by atoms with E-state index in [1.54, 1.807) is 30.8 Å². The Balaban J connectivity index is 1.27. The summed E-state index contributed by atoms with van der Waals surface area (Å²) in [6, 6.07) is 15.3. The first-order valence-electron chi connectivity index (χ1n) is 10.1. The normalized spacial score (nSPS) is 20.3. The fourth-order valence-electron chi connectivity index (χ4n) is 3.58. The molecule has 1 aliphatic heterocycles. The number of methoxy groups -OCH3 is 1. The largest absolute Gasteiger partial charge is 0.497 e. The fourth-order valence-corrected chi connectivity index (χ4v) is 3.58. The van der Waals surface area contributed by atoms with Crippen molar-refractivity contribution in [2.75, 3.05) is 20.3 Å². The average Bonchev–Trinajstić information content (AvgIpc) is 3.62. The third-order valence-corrected chi connectivity index (χ3v) is 5.22. The molecule has 0 amide bonds. The quantitative estimate of drug-likeness (QED) is 0.416. The lowest BCUT2D eigenvalue weighted by atomic mass is 10.1. The summed E-state index contributed by atoms with van der Waals surface area (Å²) in [7, 11) is 1.63. The molecule has 1 saturated heterocycles. The SMILES string of the molecule is COc1ccc(C2(Cn3cncn3)OCC(COc3ccc(-n4cnnc4)cc3)O2)cc1. The molecule has 2 aromatic heterocycles. The molecule has 0 N–H and O–H groups in total. The van der Waals surface area contributed by atoms with E-state index in [2.05, 4.69) is 20.3 Å². The van der Waals surface area contributed by atoms with Crippen molar-refractivity contribution >= 4 is 0 Å². The lowest BCUT2D eigenvalue weighted by Crippen LogP contribution is -2.34. The minimum atomic E-state index is -0.994. The third-order valence-electron chi connectivity index (χ3n) is 5.22. The lowest BCUT2D eigenvalue weighted by Gasteiger charge is -2.28. The first kappa shape index (κ1) is 20.2. The number of rotatable bonds is 8. The molecule has 2 unspecified atom stereocenters. The predicted octanol–water partition coefficient (Wildman–Crippen LogP) is 2.21. The van der Waals surface area contributed by atoms with Crippen LogP contribution >= 0.6 is 0 Å². The first-order chi connectivity index (χ1) is 15.7. The van der Waals surface area contributed by atoms with Crippen molar-refractivity contribution in [3.8, 4) is 17.2 Å². The Kier molecular flexibility index (Phi) is 5.53. The summed E-state index contributed by atoms with van der Waals surface area (Å²) in [4.78, 5) is 4.02. The van der Waals surface area contributed by atoms with E-state index in [0.717, 1.165) is 22.7 Å². The van der Waals surface area contributed by atoms with Crippen LogP contribution < -0.4 is 9.47 Å². The van der Waals surface area contributed by atoms with Crippen LogP contribution in [0.25, 0.3) is 5.69 Å². The van der Waals surface area contributed by atoms with Crippen LogP contribution in [0.15, 0.2) is 73.8 Å². The second kappa shape index (κ2) is 8.77. The van der Waals surface area contributed by atoms with E-state index in [9.17, 15) is 0 Å². The van der Waals surface area contributed by atoms with Crippen LogP contribution in [0, 0.1) is 0 Å². The maximum atomic E-state index is 6.39. The van der Waals surface area contributed by atoms with Gasteiger partial charge in [0, 0.05) is 11.3 Å². The highest BCUT2D eigenvalue weighted by Gasteiger charge is 2.44. The number of ether oxygens (including phenoxy) is 4. The van der Waals surface area contributed by atoms with Gasteiger partial charge in [-0.3, -0.25) is 4.57 Å². The minimum absolute atomic E-state index is 0.252. The highest BCUT2D eigenvalue weighted by molar-refractivity contribution is 5.37. The van der Waals surface area contributed by atoms with Gasteiger partial charge < -0.3 is 18.9 Å². The van der Waals surface area contributed by atoms with Gasteiger partial charge in [-0.2, -0.15) is 5.10 Å². The van der Waals surface area contributed by atoms with E-state index in [-0.39, 0.29) is 6.10 Å². The van der Waals surface area contributed by atoms with Crippen molar-refractivity contribution in [3.05, 3.63) is 79.4 Å². The molecule has 0 spiro atoms.